The van der Waals surface area contributed by atoms with E-state index in [1.54, 1.807) is 10.9 Å². The van der Waals surface area contributed by atoms with E-state index in [1.165, 1.54) is 5.56 Å². The molecule has 0 aliphatic rings. The van der Waals surface area contributed by atoms with Crippen molar-refractivity contribution in [3.63, 3.8) is 0 Å². The second-order valence-corrected chi connectivity index (χ2v) is 4.75. The molecular formula is C13H11ClN4O. The number of H-pyrrole nitrogens is 1. The van der Waals surface area contributed by atoms with Gasteiger partial charge in [-0.05, 0) is 24.1 Å². The van der Waals surface area contributed by atoms with Gasteiger partial charge in [0.05, 0.1) is 6.33 Å². The van der Waals surface area contributed by atoms with Crippen molar-refractivity contribution < 1.29 is 0 Å². The van der Waals surface area contributed by atoms with Crippen LogP contribution in [0.2, 0.25) is 5.28 Å². The van der Waals surface area contributed by atoms with Crippen molar-refractivity contribution >= 4 is 22.8 Å². The summed E-state index contributed by atoms with van der Waals surface area (Å²) in [6.45, 7) is 2.61. The molecule has 0 fully saturated rings. The molecule has 2 heterocycles. The number of rotatable bonds is 2. The van der Waals surface area contributed by atoms with Crippen LogP contribution in [-0.2, 0) is 6.54 Å². The fourth-order valence-electron chi connectivity index (χ4n) is 1.97. The minimum Gasteiger partial charge on any atom is -0.320 e. The molecule has 5 nitrogen and oxygen atoms in total. The van der Waals surface area contributed by atoms with Gasteiger partial charge in [0.15, 0.2) is 11.2 Å². The largest absolute Gasteiger partial charge is 0.320 e. The Kier molecular flexibility index (Phi) is 2.83. The van der Waals surface area contributed by atoms with Gasteiger partial charge in [-0.3, -0.25) is 9.78 Å². The summed E-state index contributed by atoms with van der Waals surface area (Å²) in [5.74, 6) is 0. The highest BCUT2D eigenvalue weighted by molar-refractivity contribution is 6.28. The fourth-order valence-corrected chi connectivity index (χ4v) is 2.14. The molecule has 0 radical (unpaired) electrons. The lowest BCUT2D eigenvalue weighted by Crippen LogP contribution is -2.12. The molecule has 0 aliphatic heterocycles. The van der Waals surface area contributed by atoms with Gasteiger partial charge >= 0.3 is 0 Å². The summed E-state index contributed by atoms with van der Waals surface area (Å²) in [5, 5.41) is 0.0538. The summed E-state index contributed by atoms with van der Waals surface area (Å²) >= 11 is 5.69. The summed E-state index contributed by atoms with van der Waals surface area (Å²) in [5.41, 5.74) is 2.82. The first-order chi connectivity index (χ1) is 9.13. The van der Waals surface area contributed by atoms with E-state index in [0.717, 1.165) is 5.56 Å². The Hall–Kier alpha value is -2.14. The average molecular weight is 275 g/mol. The van der Waals surface area contributed by atoms with E-state index in [0.29, 0.717) is 17.7 Å². The molecule has 0 spiro atoms. The standard InChI is InChI=1S/C13H11ClN4O/c1-8-2-4-9(5-3-8)6-18-7-15-11-10(18)12(19)17-13(14)16-11/h2-5,7H,6H2,1H3,(H,16,17,19). The number of aromatic nitrogens is 4. The summed E-state index contributed by atoms with van der Waals surface area (Å²) in [4.78, 5) is 22.4. The second-order valence-electron chi connectivity index (χ2n) is 4.39. The minimum atomic E-state index is -0.278. The number of hydrogen-bond donors (Lipinski definition) is 1. The lowest BCUT2D eigenvalue weighted by molar-refractivity contribution is 0.819. The highest BCUT2D eigenvalue weighted by Crippen LogP contribution is 2.11. The smallest absolute Gasteiger partial charge is 0.278 e. The third-order valence-electron chi connectivity index (χ3n) is 2.93. The summed E-state index contributed by atoms with van der Waals surface area (Å²) < 4.78 is 1.77. The molecule has 6 heteroatoms. The maximum Gasteiger partial charge on any atom is 0.278 e. The van der Waals surface area contributed by atoms with Crippen LogP contribution in [0.3, 0.4) is 0 Å². The molecule has 3 aromatic rings. The average Bonchev–Trinajstić information content (AvgIpc) is 2.75. The van der Waals surface area contributed by atoms with Crippen LogP contribution in [-0.4, -0.2) is 19.5 Å². The first-order valence-corrected chi connectivity index (χ1v) is 6.17. The summed E-state index contributed by atoms with van der Waals surface area (Å²) in [6.07, 6.45) is 1.60. The summed E-state index contributed by atoms with van der Waals surface area (Å²) in [7, 11) is 0. The van der Waals surface area contributed by atoms with Crippen molar-refractivity contribution in [3.8, 4) is 0 Å². The van der Waals surface area contributed by atoms with E-state index in [9.17, 15) is 4.79 Å². The lowest BCUT2D eigenvalue weighted by atomic mass is 10.1. The topological polar surface area (TPSA) is 63.6 Å². The van der Waals surface area contributed by atoms with Crippen LogP contribution >= 0.6 is 11.6 Å². The van der Waals surface area contributed by atoms with Crippen LogP contribution in [0, 0.1) is 6.92 Å². The SMILES string of the molecule is Cc1ccc(Cn2cnc3nc(Cl)[nH]c(=O)c32)cc1. The van der Waals surface area contributed by atoms with Crippen molar-refractivity contribution in [3.05, 3.63) is 57.4 Å². The van der Waals surface area contributed by atoms with Gasteiger partial charge in [0, 0.05) is 6.54 Å². The third kappa shape index (κ3) is 2.24. The molecule has 0 unspecified atom stereocenters. The van der Waals surface area contributed by atoms with Crippen LogP contribution in [0.4, 0.5) is 0 Å². The van der Waals surface area contributed by atoms with Crippen LogP contribution < -0.4 is 5.56 Å². The van der Waals surface area contributed by atoms with Gasteiger partial charge in [-0.1, -0.05) is 29.8 Å². The Labute approximate surface area is 113 Å². The Morgan fingerprint density at radius 3 is 2.79 bits per heavy atom. The monoisotopic (exact) mass is 274 g/mol. The van der Waals surface area contributed by atoms with E-state index in [4.69, 9.17) is 11.6 Å². The Morgan fingerprint density at radius 1 is 1.32 bits per heavy atom. The van der Waals surface area contributed by atoms with E-state index >= 15 is 0 Å². The third-order valence-corrected chi connectivity index (χ3v) is 3.11. The zero-order valence-corrected chi connectivity index (χ0v) is 11.0. The molecule has 0 aliphatic carbocycles. The van der Waals surface area contributed by atoms with Gasteiger partial charge in [-0.15, -0.1) is 0 Å². The predicted octanol–water partition coefficient (Wildman–Crippen LogP) is 2.13. The lowest BCUT2D eigenvalue weighted by Gasteiger charge is -2.04. The highest BCUT2D eigenvalue weighted by Gasteiger charge is 2.09. The zero-order valence-electron chi connectivity index (χ0n) is 10.2. The van der Waals surface area contributed by atoms with Crippen molar-refractivity contribution in [1.29, 1.82) is 0 Å². The number of imidazole rings is 1. The number of nitrogens with zero attached hydrogens (tertiary/aromatic N) is 3. The van der Waals surface area contributed by atoms with Crippen molar-refractivity contribution in [2.24, 2.45) is 0 Å². The molecule has 0 atom stereocenters. The number of hydrogen-bond acceptors (Lipinski definition) is 3. The van der Waals surface area contributed by atoms with E-state index in [2.05, 4.69) is 15.0 Å². The molecule has 1 aromatic carbocycles. The number of nitrogens with one attached hydrogen (secondary N) is 1. The van der Waals surface area contributed by atoms with Gasteiger partial charge in [-0.25, -0.2) is 4.98 Å². The Bertz CT molecular complexity index is 789. The van der Waals surface area contributed by atoms with Gasteiger partial charge in [-0.2, -0.15) is 4.98 Å². The number of fused-ring (bicyclic) bond motifs is 1. The number of halogens is 1. The van der Waals surface area contributed by atoms with Crippen molar-refractivity contribution in [2.75, 3.05) is 0 Å². The second kappa shape index (κ2) is 4.51. The van der Waals surface area contributed by atoms with Gasteiger partial charge in [0.25, 0.3) is 5.56 Å². The molecule has 19 heavy (non-hydrogen) atoms. The van der Waals surface area contributed by atoms with Crippen LogP contribution in [0.5, 0.6) is 0 Å². The number of aryl methyl sites for hydroxylation is 1. The Balaban J connectivity index is 2.06. The molecule has 3 rings (SSSR count). The highest BCUT2D eigenvalue weighted by atomic mass is 35.5. The maximum absolute atomic E-state index is 11.9. The number of benzene rings is 1. The molecule has 0 saturated heterocycles. The molecule has 0 bridgehead atoms. The van der Waals surface area contributed by atoms with Gasteiger partial charge < -0.3 is 4.57 Å². The van der Waals surface area contributed by atoms with E-state index < -0.39 is 0 Å². The molecule has 1 N–H and O–H groups in total. The van der Waals surface area contributed by atoms with Crippen molar-refractivity contribution in [1.82, 2.24) is 19.5 Å². The molecule has 2 aromatic heterocycles. The van der Waals surface area contributed by atoms with Gasteiger partial charge in [0.2, 0.25) is 5.28 Å². The first-order valence-electron chi connectivity index (χ1n) is 5.80. The van der Waals surface area contributed by atoms with E-state index in [-0.39, 0.29) is 10.8 Å². The van der Waals surface area contributed by atoms with Crippen LogP contribution in [0.15, 0.2) is 35.4 Å². The van der Waals surface area contributed by atoms with Crippen LogP contribution in [0.1, 0.15) is 11.1 Å². The maximum atomic E-state index is 11.9. The minimum absolute atomic E-state index is 0.0538. The summed E-state index contributed by atoms with van der Waals surface area (Å²) in [6, 6.07) is 8.12. The fraction of sp³-hybridized carbons (Fsp3) is 0.154. The molecule has 0 saturated carbocycles. The molecular weight excluding hydrogens is 264 g/mol. The molecule has 0 amide bonds. The molecule has 96 valence electrons. The normalized spacial score (nSPS) is 11.1. The quantitative estimate of drug-likeness (QED) is 0.728. The first kappa shape index (κ1) is 11.9. The van der Waals surface area contributed by atoms with E-state index in [1.807, 2.05) is 31.2 Å². The zero-order chi connectivity index (χ0) is 13.4. The van der Waals surface area contributed by atoms with Crippen molar-refractivity contribution in [2.45, 2.75) is 13.5 Å². The van der Waals surface area contributed by atoms with Crippen LogP contribution in [0.25, 0.3) is 11.2 Å². The predicted molar refractivity (Wildman–Crippen MR) is 73.4 cm³/mol. The Morgan fingerprint density at radius 2 is 2.05 bits per heavy atom. The van der Waals surface area contributed by atoms with Gasteiger partial charge in [0.1, 0.15) is 0 Å². The number of aromatic amines is 1.